The summed E-state index contributed by atoms with van der Waals surface area (Å²) in [6, 6.07) is 14.0. The molecule has 2 rings (SSSR count). The second kappa shape index (κ2) is 4.13. The van der Waals surface area contributed by atoms with Crippen LogP contribution in [0.15, 0.2) is 48.5 Å². The van der Waals surface area contributed by atoms with E-state index in [0.29, 0.717) is 0 Å². The molecule has 1 radical (unpaired) electrons. The predicted octanol–water partition coefficient (Wildman–Crippen LogP) is 3.24. The highest BCUT2D eigenvalue weighted by Gasteiger charge is 2.22. The van der Waals surface area contributed by atoms with Gasteiger partial charge >= 0.3 is 0 Å². The van der Waals surface area contributed by atoms with Crippen molar-refractivity contribution in [1.29, 1.82) is 0 Å². The van der Waals surface area contributed by atoms with E-state index in [4.69, 9.17) is 0 Å². The smallest absolute Gasteiger partial charge is 0.115 e. The van der Waals surface area contributed by atoms with Crippen LogP contribution in [0, 0.1) is 6.92 Å². The second-order valence-corrected chi connectivity index (χ2v) is 4.43. The first-order valence-electron chi connectivity index (χ1n) is 5.44. The summed E-state index contributed by atoms with van der Waals surface area (Å²) in [4.78, 5) is 0. The van der Waals surface area contributed by atoms with Gasteiger partial charge in [-0.3, -0.25) is 0 Å². The number of benzene rings is 2. The summed E-state index contributed by atoms with van der Waals surface area (Å²) in [5, 5.41) is 18.6. The fourth-order valence-corrected chi connectivity index (χ4v) is 1.83. The third kappa shape index (κ3) is 2.26. The lowest BCUT2D eigenvalue weighted by Crippen LogP contribution is -2.18. The Bertz CT molecular complexity index is 448. The summed E-state index contributed by atoms with van der Waals surface area (Å²) in [5.41, 5.74) is 1.63. The van der Waals surface area contributed by atoms with Gasteiger partial charge in [-0.25, -0.2) is 0 Å². The van der Waals surface area contributed by atoms with E-state index in [2.05, 4.69) is 6.92 Å². The standard InChI is InChI=1S/C15H15O2/c1-15(2,11-3-7-13(16)8-4-11)12-5-9-14(17)10-6-12/h3-10,16-17H,1H2,2H3. The molecule has 0 atom stereocenters. The third-order valence-electron chi connectivity index (χ3n) is 3.01. The zero-order chi connectivity index (χ0) is 12.5. The number of hydrogen-bond acceptors (Lipinski definition) is 2. The predicted molar refractivity (Wildman–Crippen MR) is 68.0 cm³/mol. The van der Waals surface area contributed by atoms with Crippen LogP contribution >= 0.6 is 0 Å². The van der Waals surface area contributed by atoms with Gasteiger partial charge < -0.3 is 10.2 Å². The van der Waals surface area contributed by atoms with E-state index in [1.54, 1.807) is 24.3 Å². The Hall–Kier alpha value is -1.96. The number of aromatic hydroxyl groups is 2. The van der Waals surface area contributed by atoms with Crippen LogP contribution in [-0.2, 0) is 5.41 Å². The van der Waals surface area contributed by atoms with Crippen molar-refractivity contribution in [3.63, 3.8) is 0 Å². The molecule has 2 heteroatoms. The van der Waals surface area contributed by atoms with Crippen molar-refractivity contribution in [2.45, 2.75) is 12.3 Å². The zero-order valence-corrected chi connectivity index (χ0v) is 9.72. The monoisotopic (exact) mass is 227 g/mol. The Kier molecular flexibility index (Phi) is 2.80. The van der Waals surface area contributed by atoms with Crippen molar-refractivity contribution < 1.29 is 10.2 Å². The molecule has 0 spiro atoms. The van der Waals surface area contributed by atoms with Gasteiger partial charge in [0.2, 0.25) is 0 Å². The number of phenolic OH excluding ortho intramolecular Hbond substituents is 2. The van der Waals surface area contributed by atoms with Crippen LogP contribution in [0.4, 0.5) is 0 Å². The summed E-state index contributed by atoms with van der Waals surface area (Å²) in [6.07, 6.45) is 0. The lowest BCUT2D eigenvalue weighted by molar-refractivity contribution is 0.474. The molecule has 17 heavy (non-hydrogen) atoms. The Balaban J connectivity index is 2.41. The largest absolute Gasteiger partial charge is 0.508 e. The molecule has 0 aliphatic rings. The number of rotatable bonds is 2. The average molecular weight is 227 g/mol. The number of phenols is 2. The molecule has 0 saturated heterocycles. The van der Waals surface area contributed by atoms with E-state index < -0.39 is 5.41 Å². The van der Waals surface area contributed by atoms with Crippen LogP contribution in [0.25, 0.3) is 0 Å². The maximum Gasteiger partial charge on any atom is 0.115 e. The molecular weight excluding hydrogens is 212 g/mol. The van der Waals surface area contributed by atoms with Gasteiger partial charge in [0.15, 0.2) is 0 Å². The summed E-state index contributed by atoms with van der Waals surface area (Å²) in [5.74, 6) is 0.491. The first kappa shape index (κ1) is 11.5. The van der Waals surface area contributed by atoms with Crippen LogP contribution in [0.5, 0.6) is 11.5 Å². The topological polar surface area (TPSA) is 40.5 Å². The van der Waals surface area contributed by atoms with Crippen molar-refractivity contribution in [2.24, 2.45) is 0 Å². The highest BCUT2D eigenvalue weighted by Crippen LogP contribution is 2.32. The van der Waals surface area contributed by atoms with Crippen molar-refractivity contribution >= 4 is 0 Å². The summed E-state index contributed by atoms with van der Waals surface area (Å²) < 4.78 is 0. The summed E-state index contributed by atoms with van der Waals surface area (Å²) >= 11 is 0. The van der Waals surface area contributed by atoms with Crippen LogP contribution in [0.3, 0.4) is 0 Å². The van der Waals surface area contributed by atoms with Crippen LogP contribution in [-0.4, -0.2) is 10.2 Å². The first-order valence-corrected chi connectivity index (χ1v) is 5.44. The SMILES string of the molecule is [CH2]C(C)(c1ccc(O)cc1)c1ccc(O)cc1. The van der Waals surface area contributed by atoms with Gasteiger partial charge in [-0.05, 0) is 42.3 Å². The maximum atomic E-state index is 9.28. The van der Waals surface area contributed by atoms with E-state index in [9.17, 15) is 10.2 Å². The maximum absolute atomic E-state index is 9.28. The molecule has 87 valence electrons. The second-order valence-electron chi connectivity index (χ2n) is 4.43. The van der Waals surface area contributed by atoms with Gasteiger partial charge in [0.1, 0.15) is 11.5 Å². The fraction of sp³-hybridized carbons (Fsp3) is 0.133. The highest BCUT2D eigenvalue weighted by molar-refractivity contribution is 5.43. The molecule has 0 amide bonds. The lowest BCUT2D eigenvalue weighted by atomic mass is 9.78. The molecule has 0 fully saturated rings. The Morgan fingerprint density at radius 2 is 1.06 bits per heavy atom. The molecular formula is C15H15O2. The molecule has 2 aromatic rings. The molecule has 2 N–H and O–H groups in total. The highest BCUT2D eigenvalue weighted by atomic mass is 16.3. The minimum Gasteiger partial charge on any atom is -0.508 e. The molecule has 0 bridgehead atoms. The van der Waals surface area contributed by atoms with Gasteiger partial charge in [-0.1, -0.05) is 31.2 Å². The van der Waals surface area contributed by atoms with E-state index in [-0.39, 0.29) is 11.5 Å². The van der Waals surface area contributed by atoms with Gasteiger partial charge in [-0.2, -0.15) is 0 Å². The quantitative estimate of drug-likeness (QED) is 0.826. The normalized spacial score (nSPS) is 11.4. The summed E-state index contributed by atoms with van der Waals surface area (Å²) in [6.45, 7) is 6.21. The van der Waals surface area contributed by atoms with Gasteiger partial charge in [0.25, 0.3) is 0 Å². The average Bonchev–Trinajstić information content (AvgIpc) is 2.30. The van der Waals surface area contributed by atoms with E-state index in [1.807, 2.05) is 31.2 Å². The Morgan fingerprint density at radius 1 is 0.765 bits per heavy atom. The molecule has 0 saturated carbocycles. The van der Waals surface area contributed by atoms with E-state index in [0.717, 1.165) is 11.1 Å². The van der Waals surface area contributed by atoms with Crippen molar-refractivity contribution in [3.8, 4) is 11.5 Å². The Labute approximate surface area is 101 Å². The van der Waals surface area contributed by atoms with Crippen molar-refractivity contribution in [3.05, 3.63) is 66.6 Å². The van der Waals surface area contributed by atoms with Gasteiger partial charge in [0, 0.05) is 5.41 Å². The summed E-state index contributed by atoms with van der Waals surface area (Å²) in [7, 11) is 0. The molecule has 0 heterocycles. The minimum absolute atomic E-state index is 0.246. The zero-order valence-electron chi connectivity index (χ0n) is 9.72. The van der Waals surface area contributed by atoms with E-state index >= 15 is 0 Å². The molecule has 0 aliphatic carbocycles. The fourth-order valence-electron chi connectivity index (χ4n) is 1.83. The third-order valence-corrected chi connectivity index (χ3v) is 3.01. The van der Waals surface area contributed by atoms with Gasteiger partial charge in [-0.15, -0.1) is 0 Å². The minimum atomic E-state index is -0.401. The lowest BCUT2D eigenvalue weighted by Gasteiger charge is -2.26. The van der Waals surface area contributed by atoms with Crippen LogP contribution < -0.4 is 0 Å². The van der Waals surface area contributed by atoms with Crippen molar-refractivity contribution in [2.75, 3.05) is 0 Å². The van der Waals surface area contributed by atoms with E-state index in [1.165, 1.54) is 0 Å². The molecule has 0 unspecified atom stereocenters. The first-order chi connectivity index (χ1) is 8.00. The van der Waals surface area contributed by atoms with Crippen LogP contribution in [0.1, 0.15) is 18.1 Å². The van der Waals surface area contributed by atoms with Crippen molar-refractivity contribution in [1.82, 2.24) is 0 Å². The van der Waals surface area contributed by atoms with Crippen LogP contribution in [0.2, 0.25) is 0 Å². The molecule has 0 aromatic heterocycles. The number of hydrogen-bond donors (Lipinski definition) is 2. The molecule has 2 aromatic carbocycles. The van der Waals surface area contributed by atoms with Gasteiger partial charge in [0.05, 0.1) is 0 Å². The molecule has 0 aliphatic heterocycles. The molecule has 2 nitrogen and oxygen atoms in total. The Morgan fingerprint density at radius 3 is 1.35 bits per heavy atom.